The summed E-state index contributed by atoms with van der Waals surface area (Å²) in [5.74, 6) is 1.45. The fraction of sp³-hybridized carbons (Fsp3) is 1.00. The maximum absolute atomic E-state index is 6.20. The first kappa shape index (κ1) is 13.0. The summed E-state index contributed by atoms with van der Waals surface area (Å²) in [6.07, 6.45) is 2.36. The van der Waals surface area contributed by atoms with E-state index in [0.717, 1.165) is 12.3 Å². The molecule has 1 heteroatoms. The van der Waals surface area contributed by atoms with Gasteiger partial charge in [-0.05, 0) is 30.1 Å². The minimum Gasteiger partial charge on any atom is -0.327 e. The highest BCUT2D eigenvalue weighted by molar-refractivity contribution is 4.82. The van der Waals surface area contributed by atoms with Crippen molar-refractivity contribution < 1.29 is 0 Å². The van der Waals surface area contributed by atoms with E-state index in [1.165, 1.54) is 6.42 Å². The van der Waals surface area contributed by atoms with Gasteiger partial charge in [-0.25, -0.2) is 0 Å². The van der Waals surface area contributed by atoms with Crippen LogP contribution in [0.15, 0.2) is 0 Å². The second-order valence-electron chi connectivity index (χ2n) is 5.82. The Morgan fingerprint density at radius 2 is 1.46 bits per heavy atom. The van der Waals surface area contributed by atoms with Gasteiger partial charge in [-0.2, -0.15) is 0 Å². The zero-order chi connectivity index (χ0) is 10.6. The summed E-state index contributed by atoms with van der Waals surface area (Å²) in [4.78, 5) is 0. The van der Waals surface area contributed by atoms with Gasteiger partial charge in [-0.1, -0.05) is 41.5 Å². The lowest BCUT2D eigenvalue weighted by Crippen LogP contribution is -2.39. The maximum Gasteiger partial charge on any atom is 0.00928 e. The van der Waals surface area contributed by atoms with Crippen LogP contribution in [-0.4, -0.2) is 6.04 Å². The van der Waals surface area contributed by atoms with Crippen molar-refractivity contribution in [2.75, 3.05) is 0 Å². The Hall–Kier alpha value is -0.0400. The Bertz CT molecular complexity index is 136. The topological polar surface area (TPSA) is 26.0 Å². The lowest BCUT2D eigenvalue weighted by molar-refractivity contribution is 0.207. The van der Waals surface area contributed by atoms with E-state index >= 15 is 0 Å². The van der Waals surface area contributed by atoms with Gasteiger partial charge in [-0.15, -0.1) is 0 Å². The standard InChI is InChI=1S/C12H27N/c1-9(2)7-11(13)12(5,6)8-10(3)4/h9-11H,7-8,13H2,1-6H3. The van der Waals surface area contributed by atoms with Crippen LogP contribution in [0.25, 0.3) is 0 Å². The fourth-order valence-electron chi connectivity index (χ4n) is 2.03. The fourth-order valence-corrected chi connectivity index (χ4v) is 2.03. The first-order valence-electron chi connectivity index (χ1n) is 5.51. The second kappa shape index (κ2) is 4.99. The van der Waals surface area contributed by atoms with Crippen molar-refractivity contribution in [2.24, 2.45) is 23.0 Å². The first-order valence-corrected chi connectivity index (χ1v) is 5.51. The number of hydrogen-bond acceptors (Lipinski definition) is 1. The third-order valence-electron chi connectivity index (χ3n) is 2.66. The van der Waals surface area contributed by atoms with Crippen LogP contribution in [-0.2, 0) is 0 Å². The largest absolute Gasteiger partial charge is 0.327 e. The molecule has 0 aromatic heterocycles. The minimum atomic E-state index is 0.290. The van der Waals surface area contributed by atoms with E-state index in [-0.39, 0.29) is 0 Å². The lowest BCUT2D eigenvalue weighted by Gasteiger charge is -2.34. The molecular formula is C12H27N. The van der Waals surface area contributed by atoms with Crippen LogP contribution >= 0.6 is 0 Å². The average Bonchev–Trinajstić information content (AvgIpc) is 1.81. The molecule has 13 heavy (non-hydrogen) atoms. The van der Waals surface area contributed by atoms with Crippen molar-refractivity contribution in [1.82, 2.24) is 0 Å². The molecule has 0 aliphatic rings. The highest BCUT2D eigenvalue weighted by Crippen LogP contribution is 2.30. The van der Waals surface area contributed by atoms with Crippen molar-refractivity contribution in [3.63, 3.8) is 0 Å². The van der Waals surface area contributed by atoms with Gasteiger partial charge in [0.05, 0.1) is 0 Å². The molecule has 80 valence electrons. The summed E-state index contributed by atoms with van der Waals surface area (Å²) < 4.78 is 0. The number of nitrogens with two attached hydrogens (primary N) is 1. The zero-order valence-electron chi connectivity index (χ0n) is 10.2. The summed E-state index contributed by atoms with van der Waals surface area (Å²) in [6, 6.07) is 0.342. The predicted octanol–water partition coefficient (Wildman–Crippen LogP) is 3.43. The molecule has 0 heterocycles. The molecule has 0 bridgehead atoms. The molecule has 0 fully saturated rings. The minimum absolute atomic E-state index is 0.290. The second-order valence-corrected chi connectivity index (χ2v) is 5.82. The van der Waals surface area contributed by atoms with Crippen LogP contribution in [0.1, 0.15) is 54.4 Å². The average molecular weight is 185 g/mol. The van der Waals surface area contributed by atoms with Crippen LogP contribution in [0.4, 0.5) is 0 Å². The van der Waals surface area contributed by atoms with Crippen molar-refractivity contribution >= 4 is 0 Å². The van der Waals surface area contributed by atoms with Gasteiger partial charge in [-0.3, -0.25) is 0 Å². The Labute approximate surface area is 84.1 Å². The van der Waals surface area contributed by atoms with Crippen LogP contribution in [0.5, 0.6) is 0 Å². The third-order valence-corrected chi connectivity index (χ3v) is 2.66. The van der Waals surface area contributed by atoms with Gasteiger partial charge in [0.2, 0.25) is 0 Å². The van der Waals surface area contributed by atoms with Gasteiger partial charge in [0.1, 0.15) is 0 Å². The van der Waals surface area contributed by atoms with E-state index in [1.807, 2.05) is 0 Å². The molecule has 1 nitrogen and oxygen atoms in total. The zero-order valence-corrected chi connectivity index (χ0v) is 10.2. The van der Waals surface area contributed by atoms with Crippen molar-refractivity contribution in [1.29, 1.82) is 0 Å². The van der Waals surface area contributed by atoms with Crippen molar-refractivity contribution in [3.8, 4) is 0 Å². The Morgan fingerprint density at radius 1 is 1.00 bits per heavy atom. The summed E-state index contributed by atoms with van der Waals surface area (Å²) in [5.41, 5.74) is 6.49. The number of rotatable bonds is 5. The van der Waals surface area contributed by atoms with Gasteiger partial charge < -0.3 is 5.73 Å². The molecule has 0 aliphatic carbocycles. The van der Waals surface area contributed by atoms with E-state index in [1.54, 1.807) is 0 Å². The molecule has 1 atom stereocenters. The molecule has 0 aliphatic heterocycles. The Balaban J connectivity index is 4.10. The summed E-state index contributed by atoms with van der Waals surface area (Å²) in [7, 11) is 0. The maximum atomic E-state index is 6.20. The van der Waals surface area contributed by atoms with Crippen LogP contribution in [0, 0.1) is 17.3 Å². The van der Waals surface area contributed by atoms with Gasteiger partial charge in [0.25, 0.3) is 0 Å². The van der Waals surface area contributed by atoms with Crippen LogP contribution in [0.3, 0.4) is 0 Å². The summed E-state index contributed by atoms with van der Waals surface area (Å²) in [6.45, 7) is 13.6. The molecule has 0 aromatic carbocycles. The molecular weight excluding hydrogens is 158 g/mol. The summed E-state index contributed by atoms with van der Waals surface area (Å²) in [5, 5.41) is 0. The van der Waals surface area contributed by atoms with E-state index in [0.29, 0.717) is 17.4 Å². The highest BCUT2D eigenvalue weighted by Gasteiger charge is 2.27. The Kier molecular flexibility index (Phi) is 4.98. The molecule has 0 saturated carbocycles. The molecule has 0 aromatic rings. The molecule has 0 saturated heterocycles. The Morgan fingerprint density at radius 3 is 1.77 bits per heavy atom. The molecule has 1 unspecified atom stereocenters. The van der Waals surface area contributed by atoms with E-state index in [4.69, 9.17) is 5.73 Å². The van der Waals surface area contributed by atoms with Gasteiger partial charge in [0.15, 0.2) is 0 Å². The van der Waals surface area contributed by atoms with Crippen molar-refractivity contribution in [2.45, 2.75) is 60.4 Å². The SMILES string of the molecule is CC(C)CC(N)C(C)(C)CC(C)C. The molecule has 0 spiro atoms. The molecule has 0 rings (SSSR count). The monoisotopic (exact) mass is 185 g/mol. The van der Waals surface area contributed by atoms with E-state index in [9.17, 15) is 0 Å². The molecule has 0 amide bonds. The highest BCUT2D eigenvalue weighted by atomic mass is 14.7. The third kappa shape index (κ3) is 5.30. The quantitative estimate of drug-likeness (QED) is 0.697. The van der Waals surface area contributed by atoms with Crippen molar-refractivity contribution in [3.05, 3.63) is 0 Å². The summed E-state index contributed by atoms with van der Waals surface area (Å²) >= 11 is 0. The first-order chi connectivity index (χ1) is 5.75. The lowest BCUT2D eigenvalue weighted by atomic mass is 9.75. The molecule has 2 N–H and O–H groups in total. The predicted molar refractivity (Wildman–Crippen MR) is 60.7 cm³/mol. The van der Waals surface area contributed by atoms with Crippen LogP contribution < -0.4 is 5.73 Å². The van der Waals surface area contributed by atoms with Crippen LogP contribution in [0.2, 0.25) is 0 Å². The smallest absolute Gasteiger partial charge is 0.00928 e. The normalized spacial score (nSPS) is 15.5. The van der Waals surface area contributed by atoms with Gasteiger partial charge in [0, 0.05) is 6.04 Å². The molecule has 0 radical (unpaired) electrons. The van der Waals surface area contributed by atoms with Gasteiger partial charge >= 0.3 is 0 Å². The van der Waals surface area contributed by atoms with E-state index in [2.05, 4.69) is 41.5 Å². The number of hydrogen-bond donors (Lipinski definition) is 1. The van der Waals surface area contributed by atoms with E-state index < -0.39 is 0 Å².